The van der Waals surface area contributed by atoms with Crippen molar-refractivity contribution >= 4 is 12.1 Å². The molecule has 1 saturated heterocycles. The van der Waals surface area contributed by atoms with E-state index in [1.54, 1.807) is 12.1 Å². The molecule has 27 heavy (non-hydrogen) atoms. The fraction of sp³-hybridized carbons (Fsp3) is 0.619. The molecule has 1 aliphatic heterocycles. The number of benzene rings is 1. The van der Waals surface area contributed by atoms with Crippen LogP contribution in [0.4, 0.5) is 4.79 Å². The zero-order valence-electron chi connectivity index (χ0n) is 17.2. The fourth-order valence-corrected chi connectivity index (χ4v) is 3.35. The Hall–Kier alpha value is -2.08. The molecule has 2 rings (SSSR count). The van der Waals surface area contributed by atoms with Gasteiger partial charge in [0.2, 0.25) is 0 Å². The number of hydrogen-bond donors (Lipinski definition) is 0. The van der Waals surface area contributed by atoms with Crippen LogP contribution in [-0.2, 0) is 16.0 Å². The molecule has 1 aromatic carbocycles. The van der Waals surface area contributed by atoms with Gasteiger partial charge in [-0.05, 0) is 64.8 Å². The van der Waals surface area contributed by atoms with Gasteiger partial charge in [-0.3, -0.25) is 0 Å². The number of esters is 1. The van der Waals surface area contributed by atoms with Gasteiger partial charge < -0.3 is 19.3 Å². The maximum absolute atomic E-state index is 12.5. The molecule has 0 aliphatic carbocycles. The minimum atomic E-state index is -0.480. The molecule has 0 bridgehead atoms. The first-order valence-corrected chi connectivity index (χ1v) is 9.55. The Morgan fingerprint density at radius 3 is 2.44 bits per heavy atom. The largest absolute Gasteiger partial charge is 0.465 e. The Labute approximate surface area is 162 Å². The minimum absolute atomic E-state index is 0.160. The van der Waals surface area contributed by atoms with Gasteiger partial charge in [-0.25, -0.2) is 9.59 Å². The van der Waals surface area contributed by atoms with Crippen molar-refractivity contribution in [2.24, 2.45) is 0 Å². The van der Waals surface area contributed by atoms with E-state index in [0.29, 0.717) is 5.56 Å². The molecule has 1 heterocycles. The second-order valence-corrected chi connectivity index (χ2v) is 8.21. The highest BCUT2D eigenvalue weighted by molar-refractivity contribution is 5.89. The van der Waals surface area contributed by atoms with Gasteiger partial charge in [-0.2, -0.15) is 0 Å². The number of nitrogens with zero attached hydrogens (tertiary/aromatic N) is 2. The van der Waals surface area contributed by atoms with Gasteiger partial charge in [0.15, 0.2) is 0 Å². The molecule has 0 aromatic heterocycles. The first-order valence-electron chi connectivity index (χ1n) is 9.55. The molecule has 1 aliphatic rings. The predicted octanol–water partition coefficient (Wildman–Crippen LogP) is 3.69. The van der Waals surface area contributed by atoms with Gasteiger partial charge in [-0.15, -0.1) is 0 Å². The number of piperidine rings is 1. The van der Waals surface area contributed by atoms with E-state index in [1.165, 1.54) is 7.11 Å². The monoisotopic (exact) mass is 376 g/mol. The number of carbonyl (C=O) groups is 2. The van der Waals surface area contributed by atoms with E-state index in [0.717, 1.165) is 44.5 Å². The third-order valence-corrected chi connectivity index (χ3v) is 4.61. The van der Waals surface area contributed by atoms with Gasteiger partial charge in [0.05, 0.1) is 12.7 Å². The summed E-state index contributed by atoms with van der Waals surface area (Å²) >= 11 is 0. The second-order valence-electron chi connectivity index (χ2n) is 8.21. The van der Waals surface area contributed by atoms with E-state index in [9.17, 15) is 9.59 Å². The van der Waals surface area contributed by atoms with Crippen LogP contribution in [0.5, 0.6) is 0 Å². The van der Waals surface area contributed by atoms with Crippen LogP contribution in [-0.4, -0.2) is 60.8 Å². The van der Waals surface area contributed by atoms with Crippen LogP contribution in [0.15, 0.2) is 24.3 Å². The first-order chi connectivity index (χ1) is 12.7. The van der Waals surface area contributed by atoms with Crippen LogP contribution < -0.4 is 0 Å². The number of ether oxygens (including phenoxy) is 2. The standard InChI is InChI=1S/C21H32N2O4/c1-21(2,3)27-20(25)23-13-7-6-8-18(23)15-22(4)14-16-9-11-17(12-10-16)19(24)26-5/h9-12,18H,6-8,13-15H2,1-5H3. The van der Waals surface area contributed by atoms with E-state index >= 15 is 0 Å². The summed E-state index contributed by atoms with van der Waals surface area (Å²) in [5.74, 6) is -0.329. The molecule has 1 fully saturated rings. The van der Waals surface area contributed by atoms with Gasteiger partial charge >= 0.3 is 12.1 Å². The SMILES string of the molecule is COC(=O)c1ccc(CN(C)CC2CCCCN2C(=O)OC(C)(C)C)cc1. The Morgan fingerprint density at radius 1 is 1.19 bits per heavy atom. The van der Waals surface area contributed by atoms with Crippen LogP contribution in [0, 0.1) is 0 Å². The summed E-state index contributed by atoms with van der Waals surface area (Å²) < 4.78 is 10.3. The lowest BCUT2D eigenvalue weighted by atomic mass is 10.0. The Bertz CT molecular complexity index is 637. The third kappa shape index (κ3) is 6.54. The van der Waals surface area contributed by atoms with Gasteiger partial charge in [0.1, 0.15) is 5.60 Å². The molecular formula is C21H32N2O4. The summed E-state index contributed by atoms with van der Waals surface area (Å²) in [5.41, 5.74) is 1.18. The second kappa shape index (κ2) is 9.22. The van der Waals surface area contributed by atoms with Gasteiger partial charge in [0, 0.05) is 25.7 Å². The van der Waals surface area contributed by atoms with Crippen LogP contribution in [0.25, 0.3) is 0 Å². The van der Waals surface area contributed by atoms with E-state index in [-0.39, 0.29) is 18.1 Å². The van der Waals surface area contributed by atoms with Crippen molar-refractivity contribution in [2.45, 2.75) is 58.2 Å². The van der Waals surface area contributed by atoms with E-state index < -0.39 is 5.60 Å². The van der Waals surface area contributed by atoms with Crippen molar-refractivity contribution in [2.75, 3.05) is 27.2 Å². The van der Waals surface area contributed by atoms with Gasteiger partial charge in [-0.1, -0.05) is 12.1 Å². The number of carbonyl (C=O) groups excluding carboxylic acids is 2. The summed E-state index contributed by atoms with van der Waals surface area (Å²) in [6.07, 6.45) is 2.92. The van der Waals surface area contributed by atoms with E-state index in [1.807, 2.05) is 37.8 Å². The average Bonchev–Trinajstić information content (AvgIpc) is 2.60. The molecule has 0 radical (unpaired) electrons. The van der Waals surface area contributed by atoms with Gasteiger partial charge in [0.25, 0.3) is 0 Å². The maximum Gasteiger partial charge on any atom is 0.410 e. The number of amides is 1. The number of likely N-dealkylation sites (tertiary alicyclic amines) is 1. The predicted molar refractivity (Wildman–Crippen MR) is 105 cm³/mol. The van der Waals surface area contributed by atoms with Crippen molar-refractivity contribution < 1.29 is 19.1 Å². The number of rotatable bonds is 5. The lowest BCUT2D eigenvalue weighted by Gasteiger charge is -2.38. The molecule has 0 N–H and O–H groups in total. The Morgan fingerprint density at radius 2 is 1.85 bits per heavy atom. The Balaban J connectivity index is 1.95. The lowest BCUT2D eigenvalue weighted by Crippen LogP contribution is -2.50. The normalized spacial score (nSPS) is 17.7. The molecule has 6 nitrogen and oxygen atoms in total. The van der Waals surface area contributed by atoms with Crippen LogP contribution in [0.1, 0.15) is 56.0 Å². The molecule has 1 aromatic rings. The van der Waals surface area contributed by atoms with Crippen LogP contribution in [0.3, 0.4) is 0 Å². The van der Waals surface area contributed by atoms with Crippen molar-refractivity contribution in [3.8, 4) is 0 Å². The Kier molecular flexibility index (Phi) is 7.25. The van der Waals surface area contributed by atoms with Crippen LogP contribution in [0.2, 0.25) is 0 Å². The zero-order chi connectivity index (χ0) is 20.0. The smallest absolute Gasteiger partial charge is 0.410 e. The average molecular weight is 376 g/mol. The summed E-state index contributed by atoms with van der Waals surface area (Å²) in [6.45, 7) is 7.98. The van der Waals surface area contributed by atoms with Crippen molar-refractivity contribution in [1.29, 1.82) is 0 Å². The molecule has 1 unspecified atom stereocenters. The first kappa shape index (κ1) is 21.2. The molecule has 1 atom stereocenters. The van der Waals surface area contributed by atoms with E-state index in [4.69, 9.17) is 9.47 Å². The van der Waals surface area contributed by atoms with Crippen molar-refractivity contribution in [3.05, 3.63) is 35.4 Å². The summed E-state index contributed by atoms with van der Waals surface area (Å²) in [7, 11) is 3.43. The molecule has 150 valence electrons. The van der Waals surface area contributed by atoms with Crippen molar-refractivity contribution in [1.82, 2.24) is 9.80 Å². The highest BCUT2D eigenvalue weighted by Crippen LogP contribution is 2.21. The number of likely N-dealkylation sites (N-methyl/N-ethyl adjacent to an activating group) is 1. The minimum Gasteiger partial charge on any atom is -0.465 e. The topological polar surface area (TPSA) is 59.1 Å². The number of methoxy groups -OCH3 is 1. The molecule has 0 saturated carbocycles. The highest BCUT2D eigenvalue weighted by atomic mass is 16.6. The molecule has 6 heteroatoms. The molecular weight excluding hydrogens is 344 g/mol. The molecule has 1 amide bonds. The quantitative estimate of drug-likeness (QED) is 0.734. The van der Waals surface area contributed by atoms with Crippen molar-refractivity contribution in [3.63, 3.8) is 0 Å². The number of hydrogen-bond acceptors (Lipinski definition) is 5. The lowest BCUT2D eigenvalue weighted by molar-refractivity contribution is 0.00585. The highest BCUT2D eigenvalue weighted by Gasteiger charge is 2.31. The summed E-state index contributed by atoms with van der Waals surface area (Å²) in [6, 6.07) is 7.60. The summed E-state index contributed by atoms with van der Waals surface area (Å²) in [4.78, 5) is 28.2. The van der Waals surface area contributed by atoms with E-state index in [2.05, 4.69) is 11.9 Å². The maximum atomic E-state index is 12.5. The molecule has 0 spiro atoms. The zero-order valence-corrected chi connectivity index (χ0v) is 17.2. The fourth-order valence-electron chi connectivity index (χ4n) is 3.35. The van der Waals surface area contributed by atoms with Crippen LogP contribution >= 0.6 is 0 Å². The third-order valence-electron chi connectivity index (χ3n) is 4.61. The summed E-state index contributed by atoms with van der Waals surface area (Å²) in [5, 5.41) is 0.